The largest absolute Gasteiger partial charge is 0.378 e. The minimum Gasteiger partial charge on any atom is -0.378 e. The topological polar surface area (TPSA) is 80.6 Å². The Kier molecular flexibility index (Phi) is 6.41. The zero-order chi connectivity index (χ0) is 22.6. The van der Waals surface area contributed by atoms with Gasteiger partial charge in [0.25, 0.3) is 0 Å². The Labute approximate surface area is 196 Å². The summed E-state index contributed by atoms with van der Waals surface area (Å²) in [6.07, 6.45) is 1.47. The van der Waals surface area contributed by atoms with E-state index in [0.29, 0.717) is 30.4 Å². The molecule has 5 rings (SSSR count). The number of anilines is 2. The van der Waals surface area contributed by atoms with Crippen LogP contribution in [-0.2, 0) is 9.53 Å². The first-order chi connectivity index (χ1) is 16.2. The molecule has 2 aliphatic heterocycles. The van der Waals surface area contributed by atoms with E-state index in [4.69, 9.17) is 4.74 Å². The number of carbonyl (C=O) groups is 2. The number of amides is 1. The van der Waals surface area contributed by atoms with Crippen LogP contribution in [0.5, 0.6) is 0 Å². The maximum atomic E-state index is 12.9. The first-order valence-corrected chi connectivity index (χ1v) is 12.1. The van der Waals surface area contributed by atoms with E-state index < -0.39 is 0 Å². The van der Waals surface area contributed by atoms with Crippen LogP contribution in [0.2, 0.25) is 0 Å². The van der Waals surface area contributed by atoms with Crippen molar-refractivity contribution < 1.29 is 14.3 Å². The fraction of sp³-hybridized carbons (Fsp3) is 0.333. The smallest absolute Gasteiger partial charge is 0.232 e. The van der Waals surface area contributed by atoms with Gasteiger partial charge in [0, 0.05) is 37.3 Å². The molecule has 0 spiro atoms. The zero-order valence-electron chi connectivity index (χ0n) is 18.2. The number of thioether (sulfide) groups is 1. The van der Waals surface area contributed by atoms with E-state index in [9.17, 15) is 9.59 Å². The number of hydrogen-bond acceptors (Lipinski definition) is 7. The summed E-state index contributed by atoms with van der Waals surface area (Å²) in [6, 6.07) is 17.2. The maximum Gasteiger partial charge on any atom is 0.232 e. The molecule has 3 heterocycles. The van der Waals surface area contributed by atoms with Gasteiger partial charge in [-0.15, -0.1) is 10.2 Å². The van der Waals surface area contributed by atoms with E-state index in [1.165, 1.54) is 11.8 Å². The second kappa shape index (κ2) is 9.76. The molecule has 8 nitrogen and oxygen atoms in total. The fourth-order valence-corrected chi connectivity index (χ4v) is 4.93. The van der Waals surface area contributed by atoms with E-state index in [1.807, 2.05) is 47.0 Å². The number of Topliss-reactive ketones (excluding diaryl/α,β-unsaturated/α-hetero) is 1. The van der Waals surface area contributed by atoms with Crippen LogP contribution in [0, 0.1) is 0 Å². The zero-order valence-corrected chi connectivity index (χ0v) is 19.0. The summed E-state index contributed by atoms with van der Waals surface area (Å²) in [6.45, 7) is 3.55. The van der Waals surface area contributed by atoms with Crippen molar-refractivity contribution in [1.29, 1.82) is 0 Å². The van der Waals surface area contributed by atoms with Crippen molar-refractivity contribution in [3.63, 3.8) is 0 Å². The van der Waals surface area contributed by atoms with Gasteiger partial charge in [-0.2, -0.15) is 0 Å². The Bertz CT molecular complexity index is 1130. The monoisotopic (exact) mass is 463 g/mol. The molecule has 0 atom stereocenters. The van der Waals surface area contributed by atoms with Gasteiger partial charge in [-0.05, 0) is 42.8 Å². The lowest BCUT2D eigenvalue weighted by atomic mass is 10.1. The van der Waals surface area contributed by atoms with Gasteiger partial charge in [0.05, 0.1) is 24.7 Å². The third-order valence-electron chi connectivity index (χ3n) is 5.83. The SMILES string of the molecule is O=C(CSc1nnc(N2CCOCC2)n1-c1ccccc1)c1ccc(N2CCCC2=O)cc1. The highest BCUT2D eigenvalue weighted by Crippen LogP contribution is 2.28. The lowest BCUT2D eigenvalue weighted by molar-refractivity contribution is -0.117. The van der Waals surface area contributed by atoms with Crippen molar-refractivity contribution in [1.82, 2.24) is 14.8 Å². The third kappa shape index (κ3) is 4.65. The van der Waals surface area contributed by atoms with Crippen molar-refractivity contribution in [3.8, 4) is 5.69 Å². The fourth-order valence-electron chi connectivity index (χ4n) is 4.09. The lowest BCUT2D eigenvalue weighted by Gasteiger charge is -2.27. The number of hydrogen-bond donors (Lipinski definition) is 0. The average molecular weight is 464 g/mol. The van der Waals surface area contributed by atoms with Gasteiger partial charge in [-0.25, -0.2) is 0 Å². The number of nitrogens with zero attached hydrogens (tertiary/aromatic N) is 5. The van der Waals surface area contributed by atoms with Crippen LogP contribution in [0.25, 0.3) is 5.69 Å². The molecule has 0 bridgehead atoms. The molecule has 0 unspecified atom stereocenters. The molecule has 1 amide bonds. The molecule has 2 aromatic carbocycles. The minimum absolute atomic E-state index is 0.00910. The number of ketones is 1. The van der Waals surface area contributed by atoms with Crippen molar-refractivity contribution in [2.45, 2.75) is 18.0 Å². The second-order valence-corrected chi connectivity index (χ2v) is 8.90. The number of benzene rings is 2. The predicted molar refractivity (Wildman–Crippen MR) is 127 cm³/mol. The highest BCUT2D eigenvalue weighted by molar-refractivity contribution is 7.99. The van der Waals surface area contributed by atoms with Crippen LogP contribution in [0.1, 0.15) is 23.2 Å². The van der Waals surface area contributed by atoms with Gasteiger partial charge in [0.15, 0.2) is 10.9 Å². The number of ether oxygens (including phenoxy) is 1. The Balaban J connectivity index is 1.32. The van der Waals surface area contributed by atoms with Crippen LogP contribution in [0.15, 0.2) is 59.8 Å². The molecule has 2 fully saturated rings. The van der Waals surface area contributed by atoms with Crippen LogP contribution in [-0.4, -0.2) is 65.1 Å². The normalized spacial score (nSPS) is 16.4. The van der Waals surface area contributed by atoms with Crippen molar-refractivity contribution in [3.05, 3.63) is 60.2 Å². The van der Waals surface area contributed by atoms with Gasteiger partial charge in [0.1, 0.15) is 0 Å². The standard InChI is InChI=1S/C24H25N5O3S/c30-21(18-8-10-19(11-9-18)28-12-4-7-22(28)31)17-33-24-26-25-23(27-13-15-32-16-14-27)29(24)20-5-2-1-3-6-20/h1-3,5-6,8-11H,4,7,12-17H2. The molecule has 9 heteroatoms. The van der Waals surface area contributed by atoms with E-state index in [1.54, 1.807) is 17.0 Å². The molecule has 0 aliphatic carbocycles. The summed E-state index contributed by atoms with van der Waals surface area (Å²) in [4.78, 5) is 28.8. The molecule has 33 heavy (non-hydrogen) atoms. The van der Waals surface area contributed by atoms with E-state index in [2.05, 4.69) is 15.1 Å². The summed E-state index contributed by atoms with van der Waals surface area (Å²) in [5, 5.41) is 9.52. The quantitative estimate of drug-likeness (QED) is 0.393. The van der Waals surface area contributed by atoms with Gasteiger partial charge in [-0.3, -0.25) is 14.2 Å². The number of rotatable bonds is 7. The van der Waals surface area contributed by atoms with Crippen LogP contribution in [0.4, 0.5) is 11.6 Å². The average Bonchev–Trinajstić information content (AvgIpc) is 3.50. The van der Waals surface area contributed by atoms with Gasteiger partial charge < -0.3 is 14.5 Å². The molecule has 2 aliphatic rings. The summed E-state index contributed by atoms with van der Waals surface area (Å²) in [5.41, 5.74) is 2.43. The maximum absolute atomic E-state index is 12.9. The molecule has 1 aromatic heterocycles. The lowest BCUT2D eigenvalue weighted by Crippen LogP contribution is -2.37. The van der Waals surface area contributed by atoms with E-state index in [-0.39, 0.29) is 17.4 Å². The second-order valence-electron chi connectivity index (χ2n) is 7.96. The van der Waals surface area contributed by atoms with Crippen molar-refractivity contribution >= 4 is 35.1 Å². The predicted octanol–water partition coefficient (Wildman–Crippen LogP) is 3.21. The summed E-state index contributed by atoms with van der Waals surface area (Å²) in [7, 11) is 0. The highest BCUT2D eigenvalue weighted by atomic mass is 32.2. The van der Waals surface area contributed by atoms with E-state index >= 15 is 0 Å². The Morgan fingerprint density at radius 2 is 1.70 bits per heavy atom. The van der Waals surface area contributed by atoms with Gasteiger partial charge >= 0.3 is 0 Å². The van der Waals surface area contributed by atoms with Gasteiger partial charge in [-0.1, -0.05) is 30.0 Å². The molecule has 0 N–H and O–H groups in total. The molecule has 170 valence electrons. The van der Waals surface area contributed by atoms with Crippen molar-refractivity contribution in [2.24, 2.45) is 0 Å². The highest BCUT2D eigenvalue weighted by Gasteiger charge is 2.23. The number of aromatic nitrogens is 3. The third-order valence-corrected chi connectivity index (χ3v) is 6.76. The van der Waals surface area contributed by atoms with Crippen LogP contribution in [0.3, 0.4) is 0 Å². The van der Waals surface area contributed by atoms with Crippen molar-refractivity contribution in [2.75, 3.05) is 48.4 Å². The van der Waals surface area contributed by atoms with E-state index in [0.717, 1.165) is 43.4 Å². The van der Waals surface area contributed by atoms with Gasteiger partial charge in [0.2, 0.25) is 11.9 Å². The summed E-state index contributed by atoms with van der Waals surface area (Å²) >= 11 is 1.38. The molecule has 3 aromatic rings. The molecular formula is C24H25N5O3S. The first-order valence-electron chi connectivity index (χ1n) is 11.1. The summed E-state index contributed by atoms with van der Waals surface area (Å²) in [5.74, 6) is 1.16. The molecule has 2 saturated heterocycles. The number of para-hydroxylation sites is 1. The first kappa shape index (κ1) is 21.7. The number of morpholine rings is 1. The Morgan fingerprint density at radius 1 is 0.939 bits per heavy atom. The Hall–Kier alpha value is -3.17. The van der Waals surface area contributed by atoms with Crippen LogP contribution >= 0.6 is 11.8 Å². The van der Waals surface area contributed by atoms with Crippen LogP contribution < -0.4 is 9.80 Å². The molecule has 0 saturated carbocycles. The number of carbonyl (C=O) groups excluding carboxylic acids is 2. The minimum atomic E-state index is 0.00910. The molecule has 0 radical (unpaired) electrons. The Morgan fingerprint density at radius 3 is 2.39 bits per heavy atom. The molecular weight excluding hydrogens is 438 g/mol. The summed E-state index contributed by atoms with van der Waals surface area (Å²) < 4.78 is 7.48.